The predicted octanol–water partition coefficient (Wildman–Crippen LogP) is 6.76. The van der Waals surface area contributed by atoms with Crippen LogP contribution in [0, 0.1) is 0 Å². The lowest BCUT2D eigenvalue weighted by atomic mass is 9.77. The van der Waals surface area contributed by atoms with Crippen LogP contribution in [0.5, 0.6) is 0 Å². The molecule has 1 aliphatic carbocycles. The molecule has 0 amide bonds. The molecule has 1 saturated carbocycles. The van der Waals surface area contributed by atoms with Gasteiger partial charge in [0.25, 0.3) is 0 Å². The van der Waals surface area contributed by atoms with Crippen LogP contribution < -0.4 is 10.2 Å². The maximum atomic E-state index is 3.60. The Morgan fingerprint density at radius 1 is 0.710 bits per heavy atom. The molecule has 31 heavy (non-hydrogen) atoms. The molecule has 2 heterocycles. The highest BCUT2D eigenvalue weighted by Gasteiger charge is 2.40. The molecule has 2 aromatic carbocycles. The van der Waals surface area contributed by atoms with E-state index in [0.29, 0.717) is 6.04 Å². The molecule has 3 nitrogen and oxygen atoms in total. The highest BCUT2D eigenvalue weighted by Crippen LogP contribution is 2.43. The maximum Gasteiger partial charge on any atom is 0.0880 e. The highest BCUT2D eigenvalue weighted by atomic mass is 15.3. The minimum absolute atomic E-state index is 0.241. The highest BCUT2D eigenvalue weighted by molar-refractivity contribution is 5.74. The van der Waals surface area contributed by atoms with Crippen molar-refractivity contribution in [3.8, 4) is 0 Å². The van der Waals surface area contributed by atoms with E-state index in [-0.39, 0.29) is 5.54 Å². The Kier molecular flexibility index (Phi) is 6.50. The summed E-state index contributed by atoms with van der Waals surface area (Å²) < 4.78 is 0. The third-order valence-corrected chi connectivity index (χ3v) is 8.16. The monoisotopic (exact) mass is 417 g/mol. The molecule has 0 atom stereocenters. The van der Waals surface area contributed by atoms with E-state index in [4.69, 9.17) is 0 Å². The fourth-order valence-electron chi connectivity index (χ4n) is 6.44. The lowest BCUT2D eigenvalue weighted by molar-refractivity contribution is 0.0363. The zero-order valence-electron chi connectivity index (χ0n) is 19.1. The van der Waals surface area contributed by atoms with Crippen LogP contribution in [0.3, 0.4) is 0 Å². The van der Waals surface area contributed by atoms with Gasteiger partial charge in [-0.3, -0.25) is 4.90 Å². The fraction of sp³-hybridized carbons (Fsp3) is 0.571. The number of likely N-dealkylation sites (tertiary alicyclic amines) is 1. The first-order chi connectivity index (χ1) is 15.4. The van der Waals surface area contributed by atoms with E-state index in [0.717, 1.165) is 6.67 Å². The second-order valence-electron chi connectivity index (χ2n) is 9.91. The zero-order chi connectivity index (χ0) is 20.9. The largest absolute Gasteiger partial charge is 0.366 e. The van der Waals surface area contributed by atoms with Gasteiger partial charge in [0, 0.05) is 24.7 Å². The molecule has 0 aromatic heterocycles. The molecular weight excluding hydrogens is 378 g/mol. The first-order valence-electron chi connectivity index (χ1n) is 12.8. The van der Waals surface area contributed by atoms with Crippen LogP contribution in [0.15, 0.2) is 54.6 Å². The van der Waals surface area contributed by atoms with Gasteiger partial charge in [0.05, 0.1) is 18.0 Å². The van der Waals surface area contributed by atoms with E-state index in [2.05, 4.69) is 69.7 Å². The summed E-state index contributed by atoms with van der Waals surface area (Å²) in [7, 11) is 0. The van der Waals surface area contributed by atoms with Crippen molar-refractivity contribution in [3.05, 3.63) is 60.2 Å². The first-order valence-corrected chi connectivity index (χ1v) is 12.8. The van der Waals surface area contributed by atoms with E-state index in [9.17, 15) is 0 Å². The van der Waals surface area contributed by atoms with Gasteiger partial charge in [0.15, 0.2) is 0 Å². The molecule has 2 aliphatic heterocycles. The number of benzene rings is 2. The summed E-state index contributed by atoms with van der Waals surface area (Å²) in [4.78, 5) is 5.52. The lowest BCUT2D eigenvalue weighted by Gasteiger charge is -2.49. The average Bonchev–Trinajstić information content (AvgIpc) is 3.27. The zero-order valence-corrected chi connectivity index (χ0v) is 19.1. The van der Waals surface area contributed by atoms with Crippen molar-refractivity contribution in [1.29, 1.82) is 0 Å². The van der Waals surface area contributed by atoms with Gasteiger partial charge in [-0.25, -0.2) is 0 Å². The Morgan fingerprint density at radius 2 is 1.32 bits per heavy atom. The molecule has 2 aromatic rings. The van der Waals surface area contributed by atoms with E-state index in [1.165, 1.54) is 95.1 Å². The summed E-state index contributed by atoms with van der Waals surface area (Å²) in [6.07, 6.45) is 15.0. The van der Waals surface area contributed by atoms with Gasteiger partial charge in [-0.05, 0) is 43.4 Å². The smallest absolute Gasteiger partial charge is 0.0880 e. The second kappa shape index (κ2) is 9.65. The molecule has 166 valence electrons. The Bertz CT molecular complexity index is 815. The van der Waals surface area contributed by atoms with Crippen LogP contribution in [0.4, 0.5) is 11.4 Å². The van der Waals surface area contributed by atoms with Gasteiger partial charge in [-0.15, -0.1) is 0 Å². The van der Waals surface area contributed by atoms with Crippen LogP contribution in [0.2, 0.25) is 0 Å². The number of para-hydroxylation sites is 2. The van der Waals surface area contributed by atoms with Gasteiger partial charge in [0.2, 0.25) is 0 Å². The molecule has 3 heteroatoms. The summed E-state index contributed by atoms with van der Waals surface area (Å²) in [5.41, 5.74) is 4.52. The number of nitrogens with zero attached hydrogens (tertiary/aromatic N) is 2. The van der Waals surface area contributed by atoms with Crippen molar-refractivity contribution < 1.29 is 0 Å². The Labute approximate surface area is 188 Å². The number of piperidine rings is 1. The molecule has 2 fully saturated rings. The molecule has 1 N–H and O–H groups in total. The number of rotatable bonds is 3. The van der Waals surface area contributed by atoms with Crippen LogP contribution in [0.1, 0.15) is 76.2 Å². The molecule has 1 saturated heterocycles. The molecule has 0 radical (unpaired) electrons. The second-order valence-corrected chi connectivity index (χ2v) is 9.91. The fourth-order valence-corrected chi connectivity index (χ4v) is 6.44. The molecule has 0 bridgehead atoms. The molecular formula is C28H39N3. The van der Waals surface area contributed by atoms with Crippen LogP contribution >= 0.6 is 0 Å². The van der Waals surface area contributed by atoms with Crippen LogP contribution in [-0.2, 0) is 5.54 Å². The minimum Gasteiger partial charge on any atom is -0.366 e. The summed E-state index contributed by atoms with van der Waals surface area (Å²) in [6, 6.07) is 21.0. The van der Waals surface area contributed by atoms with E-state index in [1.807, 2.05) is 0 Å². The molecule has 3 aliphatic rings. The number of hydrogen-bond donors (Lipinski definition) is 1. The SMILES string of the molecule is c1ccc(C2(N3CCC(N4CNc5ccccc54)CC3)CCCCCCCCC2)cc1. The lowest BCUT2D eigenvalue weighted by Crippen LogP contribution is -2.53. The quantitative estimate of drug-likeness (QED) is 0.595. The van der Waals surface area contributed by atoms with E-state index >= 15 is 0 Å². The third kappa shape index (κ3) is 4.35. The summed E-state index contributed by atoms with van der Waals surface area (Å²) in [5.74, 6) is 0. The maximum absolute atomic E-state index is 3.60. The minimum atomic E-state index is 0.241. The summed E-state index contributed by atoms with van der Waals surface area (Å²) in [5, 5.41) is 3.60. The third-order valence-electron chi connectivity index (χ3n) is 8.16. The van der Waals surface area contributed by atoms with Gasteiger partial charge in [-0.2, -0.15) is 0 Å². The van der Waals surface area contributed by atoms with Gasteiger partial charge in [0.1, 0.15) is 0 Å². The van der Waals surface area contributed by atoms with Crippen molar-refractivity contribution in [1.82, 2.24) is 4.90 Å². The van der Waals surface area contributed by atoms with Crippen LogP contribution in [0.25, 0.3) is 0 Å². The number of hydrogen-bond acceptors (Lipinski definition) is 3. The summed E-state index contributed by atoms with van der Waals surface area (Å²) >= 11 is 0. The number of fused-ring (bicyclic) bond motifs is 1. The topological polar surface area (TPSA) is 18.5 Å². The Morgan fingerprint density at radius 3 is 2.03 bits per heavy atom. The van der Waals surface area contributed by atoms with Gasteiger partial charge < -0.3 is 10.2 Å². The standard InChI is InChI=1S/C28H39N3/c1-2-4-11-19-28(20-12-5-3-1,24-13-7-6-8-14-24)30-21-17-25(18-22-30)31-23-29-26-15-9-10-16-27(26)31/h6-10,13-16,25,29H,1-5,11-12,17-23H2. The molecule has 0 unspecified atom stereocenters. The summed E-state index contributed by atoms with van der Waals surface area (Å²) in [6.45, 7) is 3.41. The van der Waals surface area contributed by atoms with Crippen molar-refractivity contribution in [2.24, 2.45) is 0 Å². The van der Waals surface area contributed by atoms with Crippen molar-refractivity contribution in [2.45, 2.75) is 82.2 Å². The first kappa shape index (κ1) is 20.9. The Hall–Kier alpha value is -2.00. The predicted molar refractivity (Wildman–Crippen MR) is 132 cm³/mol. The van der Waals surface area contributed by atoms with E-state index < -0.39 is 0 Å². The number of nitrogens with one attached hydrogen (secondary N) is 1. The van der Waals surface area contributed by atoms with Crippen molar-refractivity contribution in [3.63, 3.8) is 0 Å². The Balaban J connectivity index is 1.34. The molecule has 5 rings (SSSR count). The van der Waals surface area contributed by atoms with Crippen molar-refractivity contribution in [2.75, 3.05) is 30.0 Å². The van der Waals surface area contributed by atoms with Gasteiger partial charge >= 0.3 is 0 Å². The van der Waals surface area contributed by atoms with Crippen molar-refractivity contribution >= 4 is 11.4 Å². The average molecular weight is 418 g/mol. The molecule has 0 spiro atoms. The number of anilines is 2. The normalized spacial score (nSPS) is 23.2. The van der Waals surface area contributed by atoms with Crippen LogP contribution in [-0.4, -0.2) is 30.7 Å². The van der Waals surface area contributed by atoms with E-state index in [1.54, 1.807) is 5.56 Å². The van der Waals surface area contributed by atoms with Gasteiger partial charge in [-0.1, -0.05) is 87.4 Å².